The standard InChI is InChI=1S/C25H25N5O/c1-29(18-20-16-28-30(19-20)22-12-6-3-7-13-22)24(31)17-27-25(21-10-4-2-5-11-21)23-14-8-9-15-26-23/h2-16,19,25,27H,17-18H2,1H3. The molecular weight excluding hydrogens is 386 g/mol. The second kappa shape index (κ2) is 9.82. The van der Waals surface area contributed by atoms with Gasteiger partial charge in [0.1, 0.15) is 0 Å². The van der Waals surface area contributed by atoms with E-state index in [9.17, 15) is 4.79 Å². The molecule has 0 aliphatic carbocycles. The van der Waals surface area contributed by atoms with E-state index in [1.165, 1.54) is 0 Å². The van der Waals surface area contributed by atoms with Crippen molar-refractivity contribution >= 4 is 5.91 Å². The molecule has 0 bridgehead atoms. The van der Waals surface area contributed by atoms with Crippen LogP contribution in [0.4, 0.5) is 0 Å². The molecule has 4 aromatic rings. The molecule has 0 fully saturated rings. The van der Waals surface area contributed by atoms with Gasteiger partial charge in [-0.15, -0.1) is 0 Å². The van der Waals surface area contributed by atoms with Crippen molar-refractivity contribution < 1.29 is 4.79 Å². The number of aromatic nitrogens is 3. The van der Waals surface area contributed by atoms with Gasteiger partial charge in [-0.2, -0.15) is 5.10 Å². The summed E-state index contributed by atoms with van der Waals surface area (Å²) < 4.78 is 1.82. The van der Waals surface area contributed by atoms with Gasteiger partial charge in [-0.05, 0) is 29.8 Å². The minimum atomic E-state index is -0.152. The molecular formula is C25H25N5O. The quantitative estimate of drug-likeness (QED) is 0.481. The van der Waals surface area contributed by atoms with Crippen LogP contribution in [0.15, 0.2) is 97.5 Å². The van der Waals surface area contributed by atoms with E-state index in [0.717, 1.165) is 22.5 Å². The Hall–Kier alpha value is -3.77. The van der Waals surface area contributed by atoms with E-state index in [-0.39, 0.29) is 18.5 Å². The number of benzene rings is 2. The number of likely N-dealkylation sites (N-methyl/N-ethyl adjacent to an activating group) is 1. The molecule has 1 N–H and O–H groups in total. The minimum Gasteiger partial charge on any atom is -0.340 e. The Balaban J connectivity index is 1.39. The van der Waals surface area contributed by atoms with Gasteiger partial charge >= 0.3 is 0 Å². The molecule has 0 radical (unpaired) electrons. The highest BCUT2D eigenvalue weighted by molar-refractivity contribution is 5.78. The first kappa shape index (κ1) is 20.5. The van der Waals surface area contributed by atoms with Gasteiger partial charge < -0.3 is 4.90 Å². The topological polar surface area (TPSA) is 63.1 Å². The van der Waals surface area contributed by atoms with Gasteiger partial charge in [0.05, 0.1) is 30.2 Å². The SMILES string of the molecule is CN(Cc1cnn(-c2ccccc2)c1)C(=O)CNC(c1ccccc1)c1ccccn1. The molecule has 1 amide bonds. The molecule has 4 rings (SSSR count). The lowest BCUT2D eigenvalue weighted by Crippen LogP contribution is -2.37. The van der Waals surface area contributed by atoms with E-state index in [2.05, 4.69) is 15.4 Å². The van der Waals surface area contributed by atoms with Crippen LogP contribution in [0.5, 0.6) is 0 Å². The Kier molecular flexibility index (Phi) is 6.50. The van der Waals surface area contributed by atoms with Gasteiger partial charge in [0, 0.05) is 31.5 Å². The molecule has 156 valence electrons. The summed E-state index contributed by atoms with van der Waals surface area (Å²) in [5.74, 6) is 0.00400. The second-order valence-electron chi connectivity index (χ2n) is 7.36. The van der Waals surface area contributed by atoms with E-state index in [1.807, 2.05) is 96.8 Å². The summed E-state index contributed by atoms with van der Waals surface area (Å²) in [7, 11) is 1.81. The fourth-order valence-corrected chi connectivity index (χ4v) is 3.44. The molecule has 6 nitrogen and oxygen atoms in total. The molecule has 2 aromatic carbocycles. The van der Waals surface area contributed by atoms with Gasteiger partial charge in [-0.3, -0.25) is 15.1 Å². The summed E-state index contributed by atoms with van der Waals surface area (Å²) in [6.07, 6.45) is 5.52. The van der Waals surface area contributed by atoms with Gasteiger partial charge in [0.25, 0.3) is 0 Å². The minimum absolute atomic E-state index is 0.00400. The molecule has 0 saturated carbocycles. The average molecular weight is 412 g/mol. The third kappa shape index (κ3) is 5.24. The zero-order valence-corrected chi connectivity index (χ0v) is 17.4. The Morgan fingerprint density at radius 2 is 1.71 bits per heavy atom. The largest absolute Gasteiger partial charge is 0.340 e. The van der Waals surface area contributed by atoms with Crippen LogP contribution in [-0.4, -0.2) is 39.2 Å². The lowest BCUT2D eigenvalue weighted by atomic mass is 10.0. The van der Waals surface area contributed by atoms with Gasteiger partial charge in [0.2, 0.25) is 5.91 Å². The lowest BCUT2D eigenvalue weighted by Gasteiger charge is -2.21. The zero-order chi connectivity index (χ0) is 21.5. The smallest absolute Gasteiger partial charge is 0.236 e. The molecule has 0 aliphatic heterocycles. The number of nitrogens with zero attached hydrogens (tertiary/aromatic N) is 4. The molecule has 2 heterocycles. The molecule has 6 heteroatoms. The Morgan fingerprint density at radius 1 is 1.00 bits per heavy atom. The number of hydrogen-bond acceptors (Lipinski definition) is 4. The molecule has 0 aliphatic rings. The van der Waals surface area contributed by atoms with Crippen molar-refractivity contribution in [3.8, 4) is 5.69 Å². The van der Waals surface area contributed by atoms with Gasteiger partial charge in [-0.1, -0.05) is 54.6 Å². The van der Waals surface area contributed by atoms with E-state index < -0.39 is 0 Å². The Labute approximate surface area is 182 Å². The second-order valence-corrected chi connectivity index (χ2v) is 7.36. The summed E-state index contributed by atoms with van der Waals surface area (Å²) in [5.41, 5.74) is 3.92. The summed E-state index contributed by atoms with van der Waals surface area (Å²) in [5, 5.41) is 7.78. The monoisotopic (exact) mass is 411 g/mol. The third-order valence-corrected chi connectivity index (χ3v) is 5.08. The first-order chi connectivity index (χ1) is 15.2. The van der Waals surface area contributed by atoms with Crippen LogP contribution in [0.1, 0.15) is 22.9 Å². The predicted octanol–water partition coefficient (Wildman–Crippen LogP) is 3.60. The van der Waals surface area contributed by atoms with Crippen LogP contribution in [0, 0.1) is 0 Å². The highest BCUT2D eigenvalue weighted by atomic mass is 16.2. The highest BCUT2D eigenvalue weighted by Gasteiger charge is 2.18. The molecule has 1 atom stereocenters. The van der Waals surface area contributed by atoms with Crippen molar-refractivity contribution in [3.63, 3.8) is 0 Å². The van der Waals surface area contributed by atoms with Crippen molar-refractivity contribution in [3.05, 3.63) is 114 Å². The molecule has 0 spiro atoms. The summed E-state index contributed by atoms with van der Waals surface area (Å²) in [4.78, 5) is 19.0. The maximum absolute atomic E-state index is 12.8. The Morgan fingerprint density at radius 3 is 2.42 bits per heavy atom. The van der Waals surface area contributed by atoms with Crippen molar-refractivity contribution in [2.24, 2.45) is 0 Å². The van der Waals surface area contributed by atoms with Crippen molar-refractivity contribution in [2.45, 2.75) is 12.6 Å². The van der Waals surface area contributed by atoms with Crippen LogP contribution in [0.25, 0.3) is 5.69 Å². The van der Waals surface area contributed by atoms with Crippen molar-refractivity contribution in [1.82, 2.24) is 25.0 Å². The maximum atomic E-state index is 12.8. The van der Waals surface area contributed by atoms with Crippen LogP contribution in [0.2, 0.25) is 0 Å². The number of nitrogens with one attached hydrogen (secondary N) is 1. The highest BCUT2D eigenvalue weighted by Crippen LogP contribution is 2.19. The van der Waals surface area contributed by atoms with E-state index in [4.69, 9.17) is 0 Å². The molecule has 1 unspecified atom stereocenters. The fourth-order valence-electron chi connectivity index (χ4n) is 3.44. The molecule has 2 aromatic heterocycles. The number of para-hydroxylation sites is 1. The first-order valence-corrected chi connectivity index (χ1v) is 10.2. The average Bonchev–Trinajstić information content (AvgIpc) is 3.29. The van der Waals surface area contributed by atoms with Gasteiger partial charge in [0.15, 0.2) is 0 Å². The number of hydrogen-bond donors (Lipinski definition) is 1. The maximum Gasteiger partial charge on any atom is 0.236 e. The summed E-state index contributed by atoms with van der Waals surface area (Å²) in [6.45, 7) is 0.701. The van der Waals surface area contributed by atoms with Crippen LogP contribution < -0.4 is 5.32 Å². The molecule has 0 saturated heterocycles. The number of rotatable bonds is 8. The number of carbonyl (C=O) groups excluding carboxylic acids is 1. The summed E-state index contributed by atoms with van der Waals surface area (Å²) >= 11 is 0. The van der Waals surface area contributed by atoms with Crippen molar-refractivity contribution in [2.75, 3.05) is 13.6 Å². The number of pyridine rings is 1. The van der Waals surface area contributed by atoms with Gasteiger partial charge in [-0.25, -0.2) is 4.68 Å². The number of carbonyl (C=O) groups is 1. The predicted molar refractivity (Wildman–Crippen MR) is 121 cm³/mol. The van der Waals surface area contributed by atoms with Crippen LogP contribution >= 0.6 is 0 Å². The Bertz CT molecular complexity index is 1060. The van der Waals surface area contributed by atoms with Crippen molar-refractivity contribution in [1.29, 1.82) is 0 Å². The molecule has 31 heavy (non-hydrogen) atoms. The normalized spacial score (nSPS) is 11.8. The first-order valence-electron chi connectivity index (χ1n) is 10.2. The summed E-state index contributed by atoms with van der Waals surface area (Å²) in [6, 6.07) is 25.6. The lowest BCUT2D eigenvalue weighted by molar-refractivity contribution is -0.129. The van der Waals surface area contributed by atoms with E-state index in [0.29, 0.717) is 6.54 Å². The van der Waals surface area contributed by atoms with Crippen LogP contribution in [-0.2, 0) is 11.3 Å². The zero-order valence-electron chi connectivity index (χ0n) is 17.4. The van der Waals surface area contributed by atoms with E-state index >= 15 is 0 Å². The third-order valence-electron chi connectivity index (χ3n) is 5.08. The van der Waals surface area contributed by atoms with E-state index in [1.54, 1.807) is 17.3 Å². The van der Waals surface area contributed by atoms with Crippen LogP contribution in [0.3, 0.4) is 0 Å². The fraction of sp³-hybridized carbons (Fsp3) is 0.160. The number of amides is 1.